The number of imidazole rings is 2. The van der Waals surface area contributed by atoms with Crippen LogP contribution in [-0.4, -0.2) is 85.7 Å². The summed E-state index contributed by atoms with van der Waals surface area (Å²) in [5, 5.41) is 30.3. The molecule has 0 aliphatic carbocycles. The number of azo groups is 2. The highest BCUT2D eigenvalue weighted by atomic mass is 33.1. The molecule has 318 valence electrons. The summed E-state index contributed by atoms with van der Waals surface area (Å²) in [5.74, 6) is 2.81. The van der Waals surface area contributed by atoms with E-state index in [9.17, 15) is 35.5 Å². The minimum absolute atomic E-state index is 0.149. The lowest BCUT2D eigenvalue weighted by Gasteiger charge is -2.11. The number of benzene rings is 2. The molecule has 4 rings (SSSR count). The van der Waals surface area contributed by atoms with E-state index in [-0.39, 0.29) is 11.8 Å². The minimum atomic E-state index is -4.41. The van der Waals surface area contributed by atoms with Crippen molar-refractivity contribution in [2.75, 3.05) is 60.1 Å². The van der Waals surface area contributed by atoms with Gasteiger partial charge in [0.05, 0.1) is 78.6 Å². The van der Waals surface area contributed by atoms with Crippen LogP contribution in [0, 0.1) is 0 Å². The number of nitrogens with one attached hydrogen (secondary N) is 4. The van der Waals surface area contributed by atoms with Crippen LogP contribution in [0.5, 0.6) is 0 Å². The Labute approximate surface area is 344 Å². The molecule has 0 saturated carbocycles. The molecule has 0 fully saturated rings. The van der Waals surface area contributed by atoms with Gasteiger partial charge in [0.1, 0.15) is 11.4 Å². The van der Waals surface area contributed by atoms with Crippen molar-refractivity contribution >= 4 is 100 Å². The van der Waals surface area contributed by atoms with Gasteiger partial charge in [-0.05, 0) is 36.4 Å². The first-order valence-electron chi connectivity index (χ1n) is 16.7. The Bertz CT molecular complexity index is 2070. The van der Waals surface area contributed by atoms with Crippen molar-refractivity contribution in [1.82, 2.24) is 9.13 Å². The lowest BCUT2D eigenvalue weighted by molar-refractivity contribution is -0.657. The fourth-order valence-corrected chi connectivity index (χ4v) is 6.12. The predicted molar refractivity (Wildman–Crippen MR) is 218 cm³/mol. The second-order valence-corrected chi connectivity index (χ2v) is 16.5. The summed E-state index contributed by atoms with van der Waals surface area (Å²) in [5.41, 5.74) is 4.24. The van der Waals surface area contributed by atoms with Crippen LogP contribution in [0.1, 0.15) is 13.8 Å². The fraction of sp³-hybridized carbons (Fsp3) is 0.375. The van der Waals surface area contributed by atoms with Gasteiger partial charge < -0.3 is 30.4 Å². The Morgan fingerprint density at radius 3 is 1.31 bits per heavy atom. The third-order valence-corrected chi connectivity index (χ3v) is 10.1. The number of rotatable bonds is 17. The summed E-state index contributed by atoms with van der Waals surface area (Å²) < 4.78 is 69.6. The minimum Gasteiger partial charge on any atom is -0.726 e. The normalized spacial score (nSPS) is 11.4. The zero-order valence-electron chi connectivity index (χ0n) is 32.9. The largest absolute Gasteiger partial charge is 0.726 e. The Morgan fingerprint density at radius 1 is 0.690 bits per heavy atom. The average molecular weight is 887 g/mol. The number of nitrogens with zero attached hydrogens (tertiary/aromatic N) is 8. The number of aromatic nitrogens is 4. The topological polar surface area (TPSA) is 282 Å². The van der Waals surface area contributed by atoms with Crippen molar-refractivity contribution in [2.45, 2.75) is 13.8 Å². The van der Waals surface area contributed by atoms with Crippen LogP contribution in [0.4, 0.5) is 46.0 Å². The highest BCUT2D eigenvalue weighted by Crippen LogP contribution is 2.32. The Hall–Kier alpha value is -4.96. The molecule has 0 saturated heterocycles. The van der Waals surface area contributed by atoms with Gasteiger partial charge in [-0.2, -0.15) is 0 Å². The molecule has 0 radical (unpaired) electrons. The molecule has 2 amide bonds. The Morgan fingerprint density at radius 2 is 1.03 bits per heavy atom. The van der Waals surface area contributed by atoms with Crippen molar-refractivity contribution in [3.05, 3.63) is 61.2 Å². The molecule has 22 nitrogen and oxygen atoms in total. The van der Waals surface area contributed by atoms with Gasteiger partial charge in [0.15, 0.2) is 0 Å². The van der Waals surface area contributed by atoms with Crippen molar-refractivity contribution in [1.29, 1.82) is 0 Å². The van der Waals surface area contributed by atoms with Crippen LogP contribution in [0.15, 0.2) is 81.6 Å². The highest BCUT2D eigenvalue weighted by Gasteiger charge is 2.14. The van der Waals surface area contributed by atoms with E-state index in [2.05, 4.69) is 50.1 Å². The zero-order valence-corrected chi connectivity index (χ0v) is 36.2. The van der Waals surface area contributed by atoms with Gasteiger partial charge in [0.2, 0.25) is 32.6 Å². The predicted octanol–water partition coefficient (Wildman–Crippen LogP) is 3.85. The van der Waals surface area contributed by atoms with E-state index in [1.54, 1.807) is 33.7 Å². The first-order valence-corrected chi connectivity index (χ1v) is 21.8. The van der Waals surface area contributed by atoms with Gasteiger partial charge in [-0.1, -0.05) is 31.8 Å². The van der Waals surface area contributed by atoms with Crippen LogP contribution >= 0.6 is 21.6 Å². The molecule has 2 aromatic heterocycles. The summed E-state index contributed by atoms with van der Waals surface area (Å²) in [6.45, 7) is 4.39. The van der Waals surface area contributed by atoms with E-state index in [0.29, 0.717) is 34.6 Å². The molecule has 4 aromatic rings. The lowest BCUT2D eigenvalue weighted by atomic mass is 10.2. The molecule has 0 aliphatic rings. The monoisotopic (exact) mass is 886 g/mol. The van der Waals surface area contributed by atoms with E-state index >= 15 is 0 Å². The first-order chi connectivity index (χ1) is 27.2. The lowest BCUT2D eigenvalue weighted by Crippen LogP contribution is -2.25. The molecular weight excluding hydrogens is 841 g/mol. The van der Waals surface area contributed by atoms with Crippen molar-refractivity contribution in [3.8, 4) is 0 Å². The number of carbonyl (C=O) groups excluding carboxylic acids is 2. The molecule has 26 heteroatoms. The molecule has 0 atom stereocenters. The number of amides is 2. The summed E-state index contributed by atoms with van der Waals surface area (Å²) in [6.07, 6.45) is 7.63. The van der Waals surface area contributed by atoms with Gasteiger partial charge in [0.25, 0.3) is 0 Å². The standard InChI is InChI=1S/C30H38N12O2S2.2CH4O4S/c1-21(43)33-23-7-9-25(27(19-23)35-37-29-39(3)13-14-40(29)4)31-11-17-45-46-18-12-32-26-10-8-24(34-22(2)44)20-28(26)36-38-30-41(5)15-16-42(30)6;2*1-5-6(2,3)4/h7-10,13-16,19-20H,11-12,17-18H2,1-6H3,(H2,33,34,35,36,43,44);2*1H3,(H,2,3,4). The van der Waals surface area contributed by atoms with Crippen molar-refractivity contribution in [3.63, 3.8) is 0 Å². The van der Waals surface area contributed by atoms with E-state index in [1.807, 2.05) is 95.5 Å². The maximum atomic E-state index is 11.6. The van der Waals surface area contributed by atoms with Gasteiger partial charge in [-0.15, -0.1) is 0 Å². The summed E-state index contributed by atoms with van der Waals surface area (Å²) in [7, 11) is 3.96. The van der Waals surface area contributed by atoms with Gasteiger partial charge in [-0.3, -0.25) is 18.0 Å². The molecule has 0 unspecified atom stereocenters. The van der Waals surface area contributed by atoms with E-state index in [0.717, 1.165) is 50.2 Å². The van der Waals surface area contributed by atoms with E-state index in [1.165, 1.54) is 13.8 Å². The maximum absolute atomic E-state index is 11.6. The van der Waals surface area contributed by atoms with E-state index in [4.69, 9.17) is 0 Å². The second-order valence-electron chi connectivity index (χ2n) is 11.5. The van der Waals surface area contributed by atoms with Crippen LogP contribution in [0.25, 0.3) is 0 Å². The number of carbonyl (C=O) groups is 2. The maximum Gasteiger partial charge on any atom is 0.421 e. The molecule has 0 spiro atoms. The first kappa shape index (κ1) is 49.2. The smallest absolute Gasteiger partial charge is 0.421 e. The summed E-state index contributed by atoms with van der Waals surface area (Å²) in [6, 6.07) is 11.1. The molecule has 2 heterocycles. The van der Waals surface area contributed by atoms with Gasteiger partial charge in [-0.25, -0.2) is 35.1 Å². The molecule has 58 heavy (non-hydrogen) atoms. The average Bonchev–Trinajstić information content (AvgIpc) is 3.65. The summed E-state index contributed by atoms with van der Waals surface area (Å²) >= 11 is 0. The molecule has 4 N–H and O–H groups in total. The van der Waals surface area contributed by atoms with Crippen LogP contribution in [0.2, 0.25) is 0 Å². The molecule has 0 bridgehead atoms. The number of anilines is 4. The number of hydrogen-bond acceptors (Lipinski definition) is 18. The fourth-order valence-electron chi connectivity index (χ4n) is 4.31. The molecule has 0 aliphatic heterocycles. The van der Waals surface area contributed by atoms with Crippen molar-refractivity contribution in [2.24, 2.45) is 48.6 Å². The quantitative estimate of drug-likeness (QED) is 0.0293. The third kappa shape index (κ3) is 19.0. The van der Waals surface area contributed by atoms with Gasteiger partial charge in [0, 0.05) is 60.0 Å². The Kier molecular flexibility index (Phi) is 20.4. The summed E-state index contributed by atoms with van der Waals surface area (Å²) in [4.78, 5) is 23.2. The highest BCUT2D eigenvalue weighted by molar-refractivity contribution is 8.76. The van der Waals surface area contributed by atoms with Crippen LogP contribution in [0.3, 0.4) is 0 Å². The van der Waals surface area contributed by atoms with Crippen molar-refractivity contribution < 1.29 is 53.0 Å². The third-order valence-electron chi connectivity index (χ3n) is 6.91. The number of aryl methyl sites for hydroxylation is 4. The number of hydrogen-bond donors (Lipinski definition) is 4. The van der Waals surface area contributed by atoms with Crippen LogP contribution in [-0.2, 0) is 66.9 Å². The van der Waals surface area contributed by atoms with Crippen LogP contribution < -0.4 is 30.4 Å². The second kappa shape index (κ2) is 24.1. The van der Waals surface area contributed by atoms with Gasteiger partial charge >= 0.3 is 11.9 Å². The zero-order chi connectivity index (χ0) is 43.5. The molecular formula is C32H46N12O10S4. The SMILES string of the molecule is CC(=O)Nc1ccc(NCCSSCCNc2ccc(NC(C)=O)cc2N=Nc2n(C)cc[n+]2C)c(N=Nc2n(C)cc[n+]2C)c1.COS(=O)(=O)[O-].COS(=O)(=O)[O-]. The Balaban J connectivity index is 0.000000841. The van der Waals surface area contributed by atoms with E-state index < -0.39 is 20.8 Å². The molecule has 2 aromatic carbocycles.